The van der Waals surface area contributed by atoms with E-state index in [2.05, 4.69) is 23.6 Å². The maximum Gasteiger partial charge on any atom is 0.305 e. The quantitative estimate of drug-likeness (QED) is 0.650. The second kappa shape index (κ2) is 5.63. The Balaban J connectivity index is 2.59. The highest BCUT2D eigenvalue weighted by molar-refractivity contribution is 5.66. The molecular formula is C11H20N2O2. The molecule has 0 spiro atoms. The Bertz CT molecular complexity index is 225. The van der Waals surface area contributed by atoms with E-state index in [0.29, 0.717) is 0 Å². The van der Waals surface area contributed by atoms with Gasteiger partial charge in [0.15, 0.2) is 0 Å². The zero-order chi connectivity index (χ0) is 11.3. The third kappa shape index (κ3) is 3.15. The van der Waals surface area contributed by atoms with Gasteiger partial charge in [-0.05, 0) is 12.8 Å². The van der Waals surface area contributed by atoms with Crippen molar-refractivity contribution in [1.82, 2.24) is 9.80 Å². The Morgan fingerprint density at radius 1 is 1.20 bits per heavy atom. The van der Waals surface area contributed by atoms with Crippen molar-refractivity contribution in [3.05, 3.63) is 12.4 Å². The van der Waals surface area contributed by atoms with Gasteiger partial charge in [-0.3, -0.25) is 4.79 Å². The number of ether oxygens (including phenoxy) is 1. The van der Waals surface area contributed by atoms with Crippen LogP contribution in [0.3, 0.4) is 0 Å². The van der Waals surface area contributed by atoms with Gasteiger partial charge in [0.05, 0.1) is 0 Å². The minimum atomic E-state index is -0.234. The van der Waals surface area contributed by atoms with Gasteiger partial charge in [0.25, 0.3) is 6.35 Å². The Kier molecular flexibility index (Phi) is 4.46. The van der Waals surface area contributed by atoms with Gasteiger partial charge in [-0.25, -0.2) is 0 Å². The lowest BCUT2D eigenvalue weighted by atomic mass is 10.4. The number of esters is 1. The van der Waals surface area contributed by atoms with Crippen molar-refractivity contribution in [1.29, 1.82) is 0 Å². The molecule has 0 saturated heterocycles. The molecule has 0 aromatic carbocycles. The number of carbonyl (C=O) groups is 1. The van der Waals surface area contributed by atoms with E-state index in [1.54, 1.807) is 0 Å². The van der Waals surface area contributed by atoms with Crippen molar-refractivity contribution in [2.24, 2.45) is 0 Å². The highest BCUT2D eigenvalue weighted by atomic mass is 16.6. The topological polar surface area (TPSA) is 32.8 Å². The molecule has 4 heteroatoms. The molecule has 1 aliphatic heterocycles. The van der Waals surface area contributed by atoms with Gasteiger partial charge >= 0.3 is 5.97 Å². The summed E-state index contributed by atoms with van der Waals surface area (Å²) in [6, 6.07) is 0. The highest BCUT2D eigenvalue weighted by Crippen LogP contribution is 2.17. The van der Waals surface area contributed by atoms with Crippen molar-refractivity contribution in [3.63, 3.8) is 0 Å². The minimum absolute atomic E-state index is 0.231. The van der Waals surface area contributed by atoms with Gasteiger partial charge in [0.1, 0.15) is 0 Å². The molecule has 0 aliphatic carbocycles. The fourth-order valence-corrected chi connectivity index (χ4v) is 1.68. The van der Waals surface area contributed by atoms with E-state index in [9.17, 15) is 4.79 Å². The maximum absolute atomic E-state index is 11.0. The largest absolute Gasteiger partial charge is 0.423 e. The zero-order valence-electron chi connectivity index (χ0n) is 9.77. The molecule has 0 atom stereocenters. The maximum atomic E-state index is 11.0. The summed E-state index contributed by atoms with van der Waals surface area (Å²) in [5.74, 6) is -0.231. The molecule has 0 saturated carbocycles. The fourth-order valence-electron chi connectivity index (χ4n) is 1.68. The van der Waals surface area contributed by atoms with Gasteiger partial charge in [-0.2, -0.15) is 0 Å². The standard InChI is InChI=1S/C11H20N2O2/c1-4-6-12-8-9-13(7-5-2)11(12)15-10(3)14/h8-9,11H,4-7H2,1-3H3. The molecule has 0 radical (unpaired) electrons. The van der Waals surface area contributed by atoms with E-state index in [4.69, 9.17) is 4.74 Å². The summed E-state index contributed by atoms with van der Waals surface area (Å²) < 4.78 is 5.29. The first-order chi connectivity index (χ1) is 7.19. The lowest BCUT2D eigenvalue weighted by molar-refractivity contribution is -0.165. The van der Waals surface area contributed by atoms with Crippen LogP contribution in [0.1, 0.15) is 33.6 Å². The molecule has 1 aliphatic rings. The highest BCUT2D eigenvalue weighted by Gasteiger charge is 2.27. The second-order valence-corrected chi connectivity index (χ2v) is 3.71. The SMILES string of the molecule is CCCN1C=CN(CCC)C1OC(C)=O. The van der Waals surface area contributed by atoms with Gasteiger partial charge in [-0.15, -0.1) is 0 Å². The molecule has 0 aromatic rings. The summed E-state index contributed by atoms with van der Waals surface area (Å²) in [5, 5.41) is 0. The summed E-state index contributed by atoms with van der Waals surface area (Å²) in [6.45, 7) is 7.50. The molecule has 0 unspecified atom stereocenters. The predicted molar refractivity (Wildman–Crippen MR) is 58.7 cm³/mol. The van der Waals surface area contributed by atoms with Crippen molar-refractivity contribution < 1.29 is 9.53 Å². The van der Waals surface area contributed by atoms with Crippen LogP contribution in [0.25, 0.3) is 0 Å². The summed E-state index contributed by atoms with van der Waals surface area (Å²) in [6.07, 6.45) is 5.84. The lowest BCUT2D eigenvalue weighted by Crippen LogP contribution is -2.42. The molecular weight excluding hydrogens is 192 g/mol. The van der Waals surface area contributed by atoms with Crippen LogP contribution >= 0.6 is 0 Å². The molecule has 1 heterocycles. The molecule has 86 valence electrons. The van der Waals surface area contributed by atoms with E-state index in [1.165, 1.54) is 6.92 Å². The first-order valence-electron chi connectivity index (χ1n) is 5.56. The van der Waals surface area contributed by atoms with E-state index < -0.39 is 0 Å². The number of carbonyl (C=O) groups excluding carboxylic acids is 1. The first kappa shape index (κ1) is 11.9. The van der Waals surface area contributed by atoms with Gasteiger partial charge in [-0.1, -0.05) is 13.8 Å². The van der Waals surface area contributed by atoms with E-state index in [1.807, 2.05) is 12.4 Å². The average Bonchev–Trinajstić information content (AvgIpc) is 2.51. The van der Waals surface area contributed by atoms with Crippen LogP contribution in [0.15, 0.2) is 12.4 Å². The van der Waals surface area contributed by atoms with Gasteiger partial charge in [0, 0.05) is 32.4 Å². The van der Waals surface area contributed by atoms with Crippen LogP contribution in [0, 0.1) is 0 Å². The van der Waals surface area contributed by atoms with Crippen LogP contribution < -0.4 is 0 Å². The number of rotatable bonds is 5. The van der Waals surface area contributed by atoms with Crippen molar-refractivity contribution in [2.75, 3.05) is 13.1 Å². The lowest BCUT2D eigenvalue weighted by Gasteiger charge is -2.31. The molecule has 0 amide bonds. The van der Waals surface area contributed by atoms with Crippen LogP contribution in [-0.4, -0.2) is 35.2 Å². The fraction of sp³-hybridized carbons (Fsp3) is 0.727. The summed E-state index contributed by atoms with van der Waals surface area (Å²) in [5.41, 5.74) is 0. The molecule has 0 bridgehead atoms. The molecule has 0 N–H and O–H groups in total. The number of hydrogen-bond donors (Lipinski definition) is 0. The summed E-state index contributed by atoms with van der Waals surface area (Å²) in [4.78, 5) is 15.1. The molecule has 1 rings (SSSR count). The average molecular weight is 212 g/mol. The third-order valence-electron chi connectivity index (χ3n) is 2.25. The number of nitrogens with zero attached hydrogens (tertiary/aromatic N) is 2. The number of hydrogen-bond acceptors (Lipinski definition) is 4. The molecule has 15 heavy (non-hydrogen) atoms. The van der Waals surface area contributed by atoms with Gasteiger partial charge < -0.3 is 14.5 Å². The van der Waals surface area contributed by atoms with Crippen LogP contribution in [-0.2, 0) is 9.53 Å². The Labute approximate surface area is 91.5 Å². The summed E-state index contributed by atoms with van der Waals surface area (Å²) in [7, 11) is 0. The van der Waals surface area contributed by atoms with Crippen LogP contribution in [0.2, 0.25) is 0 Å². The normalized spacial score (nSPS) is 16.2. The minimum Gasteiger partial charge on any atom is -0.423 e. The van der Waals surface area contributed by atoms with Crippen molar-refractivity contribution in [2.45, 2.75) is 40.0 Å². The monoisotopic (exact) mass is 212 g/mol. The van der Waals surface area contributed by atoms with Crippen LogP contribution in [0.5, 0.6) is 0 Å². The van der Waals surface area contributed by atoms with E-state index in [0.717, 1.165) is 25.9 Å². The molecule has 4 nitrogen and oxygen atoms in total. The summed E-state index contributed by atoms with van der Waals surface area (Å²) >= 11 is 0. The Morgan fingerprint density at radius 3 is 2.00 bits per heavy atom. The van der Waals surface area contributed by atoms with Gasteiger partial charge in [0.2, 0.25) is 0 Å². The Morgan fingerprint density at radius 2 is 1.67 bits per heavy atom. The molecule has 0 fully saturated rings. The predicted octanol–water partition coefficient (Wildman–Crippen LogP) is 1.74. The third-order valence-corrected chi connectivity index (χ3v) is 2.25. The smallest absolute Gasteiger partial charge is 0.305 e. The van der Waals surface area contributed by atoms with E-state index in [-0.39, 0.29) is 12.3 Å². The molecule has 0 aromatic heterocycles. The van der Waals surface area contributed by atoms with Crippen molar-refractivity contribution in [3.8, 4) is 0 Å². The van der Waals surface area contributed by atoms with Crippen LogP contribution in [0.4, 0.5) is 0 Å². The Hall–Kier alpha value is -1.19. The zero-order valence-corrected chi connectivity index (χ0v) is 9.77. The first-order valence-corrected chi connectivity index (χ1v) is 5.56. The van der Waals surface area contributed by atoms with E-state index >= 15 is 0 Å². The second-order valence-electron chi connectivity index (χ2n) is 3.71. The van der Waals surface area contributed by atoms with Crippen molar-refractivity contribution >= 4 is 5.97 Å².